The molecule has 20 heavy (non-hydrogen) atoms. The summed E-state index contributed by atoms with van der Waals surface area (Å²) in [5.41, 5.74) is 1.20. The van der Waals surface area contributed by atoms with Crippen molar-refractivity contribution in [3.8, 4) is 0 Å². The van der Waals surface area contributed by atoms with Gasteiger partial charge in [-0.05, 0) is 17.7 Å². The maximum Gasteiger partial charge on any atom is 0.149 e. The summed E-state index contributed by atoms with van der Waals surface area (Å²) in [6, 6.07) is 2.70. The first-order chi connectivity index (χ1) is 9.74. The van der Waals surface area contributed by atoms with Crippen LogP contribution in [0.1, 0.15) is 11.3 Å². The maximum atomic E-state index is 14.2. The number of hydrogen-bond donors (Lipinski definition) is 1. The molecule has 5 nitrogen and oxygen atoms in total. The number of nitrogens with zero attached hydrogens (tertiary/aromatic N) is 3. The lowest BCUT2D eigenvalue weighted by Crippen LogP contribution is -2.37. The van der Waals surface area contributed by atoms with Gasteiger partial charge >= 0.3 is 0 Å². The molecule has 1 aromatic heterocycles. The molecule has 1 aliphatic heterocycles. The third-order valence-corrected chi connectivity index (χ3v) is 3.25. The Kier molecular flexibility index (Phi) is 3.60. The van der Waals surface area contributed by atoms with E-state index in [9.17, 15) is 8.78 Å². The molecule has 1 aromatic carbocycles. The fourth-order valence-electron chi connectivity index (χ4n) is 2.33. The summed E-state index contributed by atoms with van der Waals surface area (Å²) in [5, 5.41) is 10.0. The zero-order chi connectivity index (χ0) is 13.9. The molecule has 106 valence electrons. The molecule has 0 saturated carbocycles. The number of hydrogen-bond acceptors (Lipinski definition) is 4. The Balaban J connectivity index is 1.86. The van der Waals surface area contributed by atoms with E-state index in [1.807, 2.05) is 0 Å². The second-order valence-electron chi connectivity index (χ2n) is 4.65. The number of morpholine rings is 1. The lowest BCUT2D eigenvalue weighted by atomic mass is 10.1. The molecule has 0 unspecified atom stereocenters. The quantitative estimate of drug-likeness (QED) is 0.926. The van der Waals surface area contributed by atoms with Gasteiger partial charge in [0.2, 0.25) is 0 Å². The summed E-state index contributed by atoms with van der Waals surface area (Å²) >= 11 is 0. The average Bonchev–Trinajstić information content (AvgIpc) is 2.92. The number of benzene rings is 1. The largest absolute Gasteiger partial charge is 0.378 e. The van der Waals surface area contributed by atoms with E-state index < -0.39 is 11.6 Å². The molecular weight excluding hydrogens is 266 g/mol. The minimum atomic E-state index is -0.551. The van der Waals surface area contributed by atoms with Gasteiger partial charge in [-0.25, -0.2) is 8.78 Å². The highest BCUT2D eigenvalue weighted by Crippen LogP contribution is 2.26. The first-order valence-electron chi connectivity index (χ1n) is 6.39. The highest BCUT2D eigenvalue weighted by atomic mass is 19.1. The van der Waals surface area contributed by atoms with E-state index >= 15 is 0 Å². The number of ether oxygens (including phenoxy) is 1. The Morgan fingerprint density at radius 2 is 1.90 bits per heavy atom. The SMILES string of the molecule is Fc1cc(Cc2cn[nH]n2)cc(F)c1N1CCOCC1. The van der Waals surface area contributed by atoms with Crippen molar-refractivity contribution in [1.82, 2.24) is 15.4 Å². The van der Waals surface area contributed by atoms with Crippen LogP contribution in [0.5, 0.6) is 0 Å². The molecule has 0 amide bonds. The van der Waals surface area contributed by atoms with E-state index in [1.165, 1.54) is 18.3 Å². The molecule has 0 radical (unpaired) electrons. The predicted molar refractivity (Wildman–Crippen MR) is 68.6 cm³/mol. The summed E-state index contributed by atoms with van der Waals surface area (Å²) in [4.78, 5) is 1.67. The Morgan fingerprint density at radius 3 is 2.50 bits per heavy atom. The topological polar surface area (TPSA) is 54.0 Å². The van der Waals surface area contributed by atoms with Crippen LogP contribution in [-0.4, -0.2) is 41.7 Å². The maximum absolute atomic E-state index is 14.2. The first-order valence-corrected chi connectivity index (χ1v) is 6.39. The molecule has 0 spiro atoms. The summed E-state index contributed by atoms with van der Waals surface area (Å²) in [6.45, 7) is 1.96. The Hall–Kier alpha value is -2.02. The minimum absolute atomic E-state index is 0.0252. The van der Waals surface area contributed by atoms with Gasteiger partial charge in [-0.3, -0.25) is 0 Å². The molecule has 0 atom stereocenters. The van der Waals surface area contributed by atoms with E-state index in [-0.39, 0.29) is 5.69 Å². The van der Waals surface area contributed by atoms with Gasteiger partial charge in [0.1, 0.15) is 17.3 Å². The second-order valence-corrected chi connectivity index (χ2v) is 4.65. The Labute approximate surface area is 114 Å². The van der Waals surface area contributed by atoms with Crippen LogP contribution >= 0.6 is 0 Å². The Bertz CT molecular complexity index is 559. The highest BCUT2D eigenvalue weighted by molar-refractivity contribution is 5.51. The number of H-pyrrole nitrogens is 1. The van der Waals surface area contributed by atoms with Crippen LogP contribution in [0, 0.1) is 11.6 Å². The number of rotatable bonds is 3. The van der Waals surface area contributed by atoms with Crippen molar-refractivity contribution in [3.63, 3.8) is 0 Å². The van der Waals surface area contributed by atoms with Crippen molar-refractivity contribution >= 4 is 5.69 Å². The average molecular weight is 280 g/mol. The first kappa shape index (κ1) is 13.0. The van der Waals surface area contributed by atoms with Crippen LogP contribution in [0.4, 0.5) is 14.5 Å². The number of halogens is 2. The summed E-state index contributed by atoms with van der Waals surface area (Å²) < 4.78 is 33.5. The minimum Gasteiger partial charge on any atom is -0.378 e. The number of aromatic amines is 1. The van der Waals surface area contributed by atoms with Gasteiger partial charge in [0.05, 0.1) is 25.1 Å². The molecule has 3 rings (SSSR count). The van der Waals surface area contributed by atoms with Crippen molar-refractivity contribution in [2.24, 2.45) is 0 Å². The van der Waals surface area contributed by atoms with Crippen LogP contribution in [0.3, 0.4) is 0 Å². The molecule has 2 heterocycles. The van der Waals surface area contributed by atoms with Crippen molar-refractivity contribution < 1.29 is 13.5 Å². The molecule has 0 aliphatic carbocycles. The molecule has 2 aromatic rings. The second kappa shape index (κ2) is 5.54. The normalized spacial score (nSPS) is 15.6. The van der Waals surface area contributed by atoms with Crippen LogP contribution in [0.2, 0.25) is 0 Å². The van der Waals surface area contributed by atoms with Crippen LogP contribution in [0.15, 0.2) is 18.3 Å². The zero-order valence-electron chi connectivity index (χ0n) is 10.8. The molecular formula is C13H14F2N4O. The van der Waals surface area contributed by atoms with Crippen molar-refractivity contribution in [2.45, 2.75) is 6.42 Å². The van der Waals surface area contributed by atoms with Gasteiger partial charge in [0.25, 0.3) is 0 Å². The van der Waals surface area contributed by atoms with Gasteiger partial charge < -0.3 is 9.64 Å². The predicted octanol–water partition coefficient (Wildman–Crippen LogP) is 1.51. The monoisotopic (exact) mass is 280 g/mol. The van der Waals surface area contributed by atoms with E-state index in [1.54, 1.807) is 4.90 Å². The van der Waals surface area contributed by atoms with E-state index in [4.69, 9.17) is 4.74 Å². The van der Waals surface area contributed by atoms with Crippen LogP contribution in [0.25, 0.3) is 0 Å². The van der Waals surface area contributed by atoms with Crippen molar-refractivity contribution in [2.75, 3.05) is 31.2 Å². The van der Waals surface area contributed by atoms with Crippen LogP contribution in [-0.2, 0) is 11.2 Å². The fourth-order valence-corrected chi connectivity index (χ4v) is 2.33. The van der Waals surface area contributed by atoms with E-state index in [0.717, 1.165) is 0 Å². The van der Waals surface area contributed by atoms with Gasteiger partial charge in [-0.15, -0.1) is 0 Å². The van der Waals surface area contributed by atoms with E-state index in [0.29, 0.717) is 44.0 Å². The molecule has 1 N–H and O–H groups in total. The fraction of sp³-hybridized carbons (Fsp3) is 0.385. The number of nitrogens with one attached hydrogen (secondary N) is 1. The summed E-state index contributed by atoms with van der Waals surface area (Å²) in [7, 11) is 0. The number of anilines is 1. The van der Waals surface area contributed by atoms with Gasteiger partial charge in [-0.2, -0.15) is 15.4 Å². The van der Waals surface area contributed by atoms with Gasteiger partial charge in [0, 0.05) is 19.5 Å². The van der Waals surface area contributed by atoms with Crippen LogP contribution < -0.4 is 4.90 Å². The van der Waals surface area contributed by atoms with Gasteiger partial charge in [0.15, 0.2) is 0 Å². The lowest BCUT2D eigenvalue weighted by Gasteiger charge is -2.29. The van der Waals surface area contributed by atoms with Crippen molar-refractivity contribution in [3.05, 3.63) is 41.2 Å². The third kappa shape index (κ3) is 2.62. The Morgan fingerprint density at radius 1 is 1.20 bits per heavy atom. The van der Waals surface area contributed by atoms with Crippen molar-refractivity contribution in [1.29, 1.82) is 0 Å². The molecule has 1 aliphatic rings. The molecule has 7 heteroatoms. The standard InChI is InChI=1S/C13H14F2N4O/c14-11-6-9(5-10-8-16-18-17-10)7-12(15)13(11)19-1-3-20-4-2-19/h6-8H,1-5H2,(H,16,17,18). The summed E-state index contributed by atoms with van der Waals surface area (Å²) in [5.74, 6) is -1.10. The number of aromatic nitrogens is 3. The smallest absolute Gasteiger partial charge is 0.149 e. The highest BCUT2D eigenvalue weighted by Gasteiger charge is 2.20. The summed E-state index contributed by atoms with van der Waals surface area (Å²) in [6.07, 6.45) is 1.87. The molecule has 1 saturated heterocycles. The lowest BCUT2D eigenvalue weighted by molar-refractivity contribution is 0.122. The molecule has 0 bridgehead atoms. The zero-order valence-corrected chi connectivity index (χ0v) is 10.8. The van der Waals surface area contributed by atoms with E-state index in [2.05, 4.69) is 15.4 Å². The third-order valence-electron chi connectivity index (χ3n) is 3.25. The van der Waals surface area contributed by atoms with Gasteiger partial charge in [-0.1, -0.05) is 0 Å². The molecule has 1 fully saturated rings.